The van der Waals surface area contributed by atoms with Gasteiger partial charge in [-0.05, 0) is 56.0 Å². The summed E-state index contributed by atoms with van der Waals surface area (Å²) in [6.07, 6.45) is -0.777. The molecule has 2 aromatic rings. The summed E-state index contributed by atoms with van der Waals surface area (Å²) >= 11 is 0. The van der Waals surface area contributed by atoms with Gasteiger partial charge in [0, 0.05) is 18.5 Å². The number of nitrogens with zero attached hydrogens (tertiary/aromatic N) is 2. The zero-order chi connectivity index (χ0) is 21.0. The highest BCUT2D eigenvalue weighted by Gasteiger charge is 2.31. The molecule has 154 valence electrons. The van der Waals surface area contributed by atoms with Gasteiger partial charge in [0.15, 0.2) is 5.78 Å². The fourth-order valence-corrected chi connectivity index (χ4v) is 2.66. The molecule has 0 aliphatic heterocycles. The number of rotatable bonds is 8. The van der Waals surface area contributed by atoms with E-state index in [-0.39, 0.29) is 42.3 Å². The molecule has 0 unspecified atom stereocenters. The molecular weight excluding hydrogens is 387 g/mol. The van der Waals surface area contributed by atoms with E-state index in [0.29, 0.717) is 17.7 Å². The molecule has 0 saturated heterocycles. The van der Waals surface area contributed by atoms with Gasteiger partial charge in [0.05, 0.1) is 12.2 Å². The number of nitrogens with one attached hydrogen (secondary N) is 1. The summed E-state index contributed by atoms with van der Waals surface area (Å²) in [5.74, 6) is 0.0719. The highest BCUT2D eigenvalue weighted by Crippen LogP contribution is 2.32. The molecule has 1 N–H and O–H groups in total. The number of carbonyl (C=O) groups is 2. The molecule has 1 amide bonds. The van der Waals surface area contributed by atoms with E-state index in [1.807, 2.05) is 0 Å². The van der Waals surface area contributed by atoms with Gasteiger partial charge in [-0.25, -0.2) is 9.97 Å². The first-order chi connectivity index (χ1) is 13.7. The lowest BCUT2D eigenvalue weighted by Crippen LogP contribution is -2.16. The van der Waals surface area contributed by atoms with Crippen LogP contribution in [0, 0.1) is 12.8 Å². The molecule has 0 radical (unpaired) electrons. The predicted octanol–water partition coefficient (Wildman–Crippen LogP) is 4.19. The number of ether oxygens (including phenoxy) is 1. The second-order valence-corrected chi connectivity index (χ2v) is 6.88. The van der Waals surface area contributed by atoms with Crippen molar-refractivity contribution in [1.82, 2.24) is 9.97 Å². The number of anilines is 1. The molecule has 1 aliphatic carbocycles. The van der Waals surface area contributed by atoms with Crippen molar-refractivity contribution < 1.29 is 27.5 Å². The molecule has 1 fully saturated rings. The second-order valence-electron chi connectivity index (χ2n) is 6.88. The lowest BCUT2D eigenvalue weighted by molar-refractivity contribution is -0.137. The van der Waals surface area contributed by atoms with Gasteiger partial charge >= 0.3 is 6.18 Å². The summed E-state index contributed by atoms with van der Waals surface area (Å²) in [4.78, 5) is 32.0. The van der Waals surface area contributed by atoms with Crippen molar-refractivity contribution >= 4 is 17.6 Å². The van der Waals surface area contributed by atoms with Gasteiger partial charge in [0.1, 0.15) is 11.4 Å². The van der Waals surface area contributed by atoms with Crippen LogP contribution in [-0.4, -0.2) is 28.3 Å². The zero-order valence-corrected chi connectivity index (χ0v) is 15.8. The van der Waals surface area contributed by atoms with E-state index in [0.717, 1.165) is 25.0 Å². The molecule has 29 heavy (non-hydrogen) atoms. The minimum atomic E-state index is -4.40. The number of hydrogen-bond acceptors (Lipinski definition) is 5. The maximum Gasteiger partial charge on any atom is 0.416 e. The highest BCUT2D eigenvalue weighted by molar-refractivity contribution is 5.95. The molecule has 1 aromatic heterocycles. The second kappa shape index (κ2) is 8.59. The summed E-state index contributed by atoms with van der Waals surface area (Å²) in [7, 11) is 0. The smallest absolute Gasteiger partial charge is 0.416 e. The highest BCUT2D eigenvalue weighted by atomic mass is 19.4. The van der Waals surface area contributed by atoms with Crippen molar-refractivity contribution in [3.05, 3.63) is 47.3 Å². The molecule has 1 aromatic carbocycles. The van der Waals surface area contributed by atoms with Crippen LogP contribution in [0.25, 0.3) is 0 Å². The van der Waals surface area contributed by atoms with Crippen molar-refractivity contribution in [2.45, 2.75) is 38.8 Å². The Labute approximate surface area is 165 Å². The quantitative estimate of drug-likeness (QED) is 0.524. The van der Waals surface area contributed by atoms with E-state index in [1.165, 1.54) is 25.3 Å². The first-order valence-corrected chi connectivity index (χ1v) is 9.22. The fourth-order valence-electron chi connectivity index (χ4n) is 2.66. The monoisotopic (exact) mass is 407 g/mol. The number of hydrogen-bond donors (Lipinski definition) is 1. The first kappa shape index (κ1) is 20.8. The topological polar surface area (TPSA) is 81.2 Å². The number of aryl methyl sites for hydroxylation is 1. The van der Waals surface area contributed by atoms with Gasteiger partial charge in [-0.2, -0.15) is 13.2 Å². The predicted molar refractivity (Wildman–Crippen MR) is 98.6 cm³/mol. The maximum absolute atomic E-state index is 12.7. The molecule has 0 bridgehead atoms. The number of ketones is 1. The van der Waals surface area contributed by atoms with Crippen LogP contribution >= 0.6 is 0 Å². The van der Waals surface area contributed by atoms with Crippen LogP contribution in [0.15, 0.2) is 30.5 Å². The lowest BCUT2D eigenvalue weighted by Gasteiger charge is -2.12. The SMILES string of the molecule is Cc1cc(C(F)(F)F)ccc1OCCCC(=O)c1ccnc(NC(=O)C2CC2)n1. The van der Waals surface area contributed by atoms with Crippen LogP contribution in [0.5, 0.6) is 5.75 Å². The number of amides is 1. The minimum Gasteiger partial charge on any atom is -0.493 e. The largest absolute Gasteiger partial charge is 0.493 e. The lowest BCUT2D eigenvalue weighted by atomic mass is 10.1. The summed E-state index contributed by atoms with van der Waals surface area (Å²) < 4.78 is 43.5. The summed E-state index contributed by atoms with van der Waals surface area (Å²) in [6, 6.07) is 4.74. The molecule has 9 heteroatoms. The Morgan fingerprint density at radius 1 is 1.24 bits per heavy atom. The van der Waals surface area contributed by atoms with E-state index < -0.39 is 11.7 Å². The molecule has 0 atom stereocenters. The molecule has 1 heterocycles. The molecule has 6 nitrogen and oxygen atoms in total. The third kappa shape index (κ3) is 5.75. The van der Waals surface area contributed by atoms with Crippen LogP contribution in [0.2, 0.25) is 0 Å². The van der Waals surface area contributed by atoms with Crippen LogP contribution < -0.4 is 10.1 Å². The normalized spacial score (nSPS) is 13.8. The average Bonchev–Trinajstić information content (AvgIpc) is 3.51. The molecule has 1 aliphatic rings. The van der Waals surface area contributed by atoms with Crippen molar-refractivity contribution in [2.75, 3.05) is 11.9 Å². The molecular formula is C20H20F3N3O3. The Bertz CT molecular complexity index is 911. The Balaban J connectivity index is 1.48. The van der Waals surface area contributed by atoms with Gasteiger partial charge in [-0.3, -0.25) is 14.9 Å². The minimum absolute atomic E-state index is 0.00348. The standard InChI is InChI=1S/C20H20F3N3O3/c1-12-11-14(20(21,22)23)6-7-17(12)29-10-2-3-16(27)15-8-9-24-19(25-15)26-18(28)13-4-5-13/h6-9,11,13H,2-5,10H2,1H3,(H,24,25,26,28). The number of benzene rings is 1. The third-order valence-corrected chi connectivity index (χ3v) is 4.43. The number of halogens is 3. The van der Waals surface area contributed by atoms with Crippen LogP contribution in [0.4, 0.5) is 19.1 Å². The van der Waals surface area contributed by atoms with Crippen molar-refractivity contribution in [1.29, 1.82) is 0 Å². The molecule has 1 saturated carbocycles. The van der Waals surface area contributed by atoms with Gasteiger partial charge in [-0.15, -0.1) is 0 Å². The fraction of sp³-hybridized carbons (Fsp3) is 0.400. The van der Waals surface area contributed by atoms with E-state index in [2.05, 4.69) is 15.3 Å². The van der Waals surface area contributed by atoms with Crippen molar-refractivity contribution in [3.8, 4) is 5.75 Å². The van der Waals surface area contributed by atoms with Gasteiger partial charge < -0.3 is 4.74 Å². The Kier molecular flexibility index (Phi) is 6.14. The summed E-state index contributed by atoms with van der Waals surface area (Å²) in [5.41, 5.74) is -0.166. The van der Waals surface area contributed by atoms with Gasteiger partial charge in [0.2, 0.25) is 11.9 Å². The van der Waals surface area contributed by atoms with Crippen LogP contribution in [0.3, 0.4) is 0 Å². The van der Waals surface area contributed by atoms with Crippen molar-refractivity contribution in [3.63, 3.8) is 0 Å². The first-order valence-electron chi connectivity index (χ1n) is 9.22. The van der Waals surface area contributed by atoms with E-state index in [9.17, 15) is 22.8 Å². The summed E-state index contributed by atoms with van der Waals surface area (Å²) in [6.45, 7) is 1.71. The van der Waals surface area contributed by atoms with E-state index in [1.54, 1.807) is 0 Å². The molecule has 3 rings (SSSR count). The summed E-state index contributed by atoms with van der Waals surface area (Å²) in [5, 5.41) is 2.59. The average molecular weight is 407 g/mol. The van der Waals surface area contributed by atoms with Crippen LogP contribution in [0.1, 0.15) is 47.3 Å². The molecule has 0 spiro atoms. The van der Waals surface area contributed by atoms with Gasteiger partial charge in [0.25, 0.3) is 0 Å². The van der Waals surface area contributed by atoms with E-state index in [4.69, 9.17) is 4.74 Å². The van der Waals surface area contributed by atoms with Crippen LogP contribution in [-0.2, 0) is 11.0 Å². The Morgan fingerprint density at radius 2 is 2.00 bits per heavy atom. The maximum atomic E-state index is 12.7. The Hall–Kier alpha value is -2.97. The number of carbonyl (C=O) groups excluding carboxylic acids is 2. The number of aromatic nitrogens is 2. The number of alkyl halides is 3. The Morgan fingerprint density at radius 3 is 2.66 bits per heavy atom. The zero-order valence-electron chi connectivity index (χ0n) is 15.8. The number of Topliss-reactive ketones (excluding diaryl/α,β-unsaturated/α-hetero) is 1. The van der Waals surface area contributed by atoms with E-state index >= 15 is 0 Å². The van der Waals surface area contributed by atoms with Gasteiger partial charge in [-0.1, -0.05) is 0 Å². The van der Waals surface area contributed by atoms with Crippen molar-refractivity contribution in [2.24, 2.45) is 5.92 Å². The third-order valence-electron chi connectivity index (χ3n) is 4.43.